The topological polar surface area (TPSA) is 109 Å². The highest BCUT2D eigenvalue weighted by Crippen LogP contribution is 2.15. The second-order valence-electron chi connectivity index (χ2n) is 4.30. The van der Waals surface area contributed by atoms with Crippen LogP contribution < -0.4 is 10.6 Å². The summed E-state index contributed by atoms with van der Waals surface area (Å²) in [7, 11) is 0. The van der Waals surface area contributed by atoms with Gasteiger partial charge in [0.05, 0.1) is 12.8 Å². The van der Waals surface area contributed by atoms with E-state index < -0.39 is 23.3 Å². The predicted molar refractivity (Wildman–Crippen MR) is 70.1 cm³/mol. The molecule has 0 bridgehead atoms. The van der Waals surface area contributed by atoms with Crippen molar-refractivity contribution >= 4 is 17.8 Å². The molecule has 0 radical (unpaired) electrons. The van der Waals surface area contributed by atoms with Gasteiger partial charge in [0.15, 0.2) is 5.76 Å². The first-order chi connectivity index (χ1) is 9.45. The molecule has 0 saturated heterocycles. The molecule has 1 rings (SSSR count). The zero-order chi connectivity index (χ0) is 15.2. The maximum absolute atomic E-state index is 11.7. The number of hydrogen-bond donors (Lipinski definition) is 3. The molecule has 7 heteroatoms. The lowest BCUT2D eigenvalue weighted by Gasteiger charge is -2.28. The number of amides is 2. The van der Waals surface area contributed by atoms with Gasteiger partial charge in [-0.05, 0) is 25.0 Å². The van der Waals surface area contributed by atoms with Crippen LogP contribution in [-0.4, -0.2) is 35.0 Å². The van der Waals surface area contributed by atoms with Gasteiger partial charge in [0, 0.05) is 0 Å². The Bertz CT molecular complexity index is 477. The molecular formula is C13H18N2O5. The van der Waals surface area contributed by atoms with Crippen LogP contribution >= 0.6 is 0 Å². The predicted octanol–water partition coefficient (Wildman–Crippen LogP) is 0.769. The molecule has 0 atom stereocenters. The van der Waals surface area contributed by atoms with Gasteiger partial charge in [-0.1, -0.05) is 13.8 Å². The van der Waals surface area contributed by atoms with Crippen molar-refractivity contribution in [3.05, 3.63) is 24.2 Å². The normalized spacial score (nSPS) is 10.9. The molecule has 3 N–H and O–H groups in total. The molecule has 0 aromatic carbocycles. The van der Waals surface area contributed by atoms with Crippen LogP contribution in [0.1, 0.15) is 37.2 Å². The number of rotatable bonds is 7. The summed E-state index contributed by atoms with van der Waals surface area (Å²) in [6, 6.07) is 3.02. The van der Waals surface area contributed by atoms with Gasteiger partial charge in [0.1, 0.15) is 5.54 Å². The molecule has 2 amide bonds. The first-order valence-electron chi connectivity index (χ1n) is 6.31. The van der Waals surface area contributed by atoms with Crippen molar-refractivity contribution in [2.75, 3.05) is 6.54 Å². The Morgan fingerprint density at radius 3 is 2.40 bits per heavy atom. The minimum absolute atomic E-state index is 0.0910. The number of carboxylic acid groups (broad SMARTS) is 1. The highest BCUT2D eigenvalue weighted by molar-refractivity contribution is 5.95. The third kappa shape index (κ3) is 3.59. The van der Waals surface area contributed by atoms with E-state index in [0.717, 1.165) is 0 Å². The third-order valence-electron chi connectivity index (χ3n) is 3.15. The lowest BCUT2D eigenvalue weighted by Crippen LogP contribution is -2.55. The molecule has 0 saturated carbocycles. The van der Waals surface area contributed by atoms with Crippen LogP contribution in [0.15, 0.2) is 22.8 Å². The number of nitrogens with one attached hydrogen (secondary N) is 2. The molecule has 20 heavy (non-hydrogen) atoms. The Morgan fingerprint density at radius 1 is 1.30 bits per heavy atom. The molecule has 0 spiro atoms. The summed E-state index contributed by atoms with van der Waals surface area (Å²) in [5.74, 6) is -2.09. The van der Waals surface area contributed by atoms with Crippen molar-refractivity contribution in [2.24, 2.45) is 0 Å². The van der Waals surface area contributed by atoms with Crippen LogP contribution in [0.3, 0.4) is 0 Å². The standard InChI is InChI=1S/C13H18N2O5/c1-3-13(4-2,12(18)19)15-10(16)8-14-11(17)9-6-5-7-20-9/h5-7H,3-4,8H2,1-2H3,(H,14,17)(H,15,16)(H,18,19). The van der Waals surface area contributed by atoms with Crippen LogP contribution in [0.5, 0.6) is 0 Å². The Hall–Kier alpha value is -2.31. The first kappa shape index (κ1) is 15.7. The van der Waals surface area contributed by atoms with Crippen molar-refractivity contribution in [3.8, 4) is 0 Å². The van der Waals surface area contributed by atoms with Gasteiger partial charge in [0.25, 0.3) is 5.91 Å². The second kappa shape index (κ2) is 6.74. The zero-order valence-electron chi connectivity index (χ0n) is 11.4. The van der Waals surface area contributed by atoms with Crippen molar-refractivity contribution in [1.29, 1.82) is 0 Å². The van der Waals surface area contributed by atoms with Crippen molar-refractivity contribution in [2.45, 2.75) is 32.2 Å². The van der Waals surface area contributed by atoms with E-state index >= 15 is 0 Å². The molecule has 1 aromatic heterocycles. The van der Waals surface area contributed by atoms with E-state index in [1.165, 1.54) is 12.3 Å². The molecule has 1 heterocycles. The summed E-state index contributed by atoms with van der Waals surface area (Å²) >= 11 is 0. The molecule has 1 aromatic rings. The first-order valence-corrected chi connectivity index (χ1v) is 6.31. The lowest BCUT2D eigenvalue weighted by atomic mass is 9.93. The van der Waals surface area contributed by atoms with Crippen molar-refractivity contribution < 1.29 is 23.9 Å². The molecular weight excluding hydrogens is 264 g/mol. The van der Waals surface area contributed by atoms with Gasteiger partial charge >= 0.3 is 5.97 Å². The number of hydrogen-bond acceptors (Lipinski definition) is 4. The molecule has 7 nitrogen and oxygen atoms in total. The SMILES string of the molecule is CCC(CC)(NC(=O)CNC(=O)c1ccco1)C(=O)O. The zero-order valence-corrected chi connectivity index (χ0v) is 11.4. The van der Waals surface area contributed by atoms with Crippen LogP contribution in [-0.2, 0) is 9.59 Å². The lowest BCUT2D eigenvalue weighted by molar-refractivity contribution is -0.147. The molecule has 0 aliphatic carbocycles. The minimum Gasteiger partial charge on any atom is -0.480 e. The van der Waals surface area contributed by atoms with Gasteiger partial charge in [-0.15, -0.1) is 0 Å². The number of carbonyl (C=O) groups is 3. The summed E-state index contributed by atoms with van der Waals surface area (Å²) in [4.78, 5) is 34.5. The number of aliphatic carboxylic acids is 1. The second-order valence-corrected chi connectivity index (χ2v) is 4.30. The van der Waals surface area contributed by atoms with E-state index in [-0.39, 0.29) is 25.1 Å². The van der Waals surface area contributed by atoms with Crippen LogP contribution in [0, 0.1) is 0 Å². The Balaban J connectivity index is 2.55. The smallest absolute Gasteiger partial charge is 0.329 e. The van der Waals surface area contributed by atoms with Gasteiger partial charge < -0.3 is 20.2 Å². The molecule has 0 fully saturated rings. The highest BCUT2D eigenvalue weighted by atomic mass is 16.4. The molecule has 0 unspecified atom stereocenters. The maximum atomic E-state index is 11.7. The third-order valence-corrected chi connectivity index (χ3v) is 3.15. The van der Waals surface area contributed by atoms with Gasteiger partial charge in [-0.2, -0.15) is 0 Å². The van der Waals surface area contributed by atoms with Crippen molar-refractivity contribution in [3.63, 3.8) is 0 Å². The fourth-order valence-corrected chi connectivity index (χ4v) is 1.75. The van der Waals surface area contributed by atoms with E-state index in [0.29, 0.717) is 0 Å². The largest absolute Gasteiger partial charge is 0.480 e. The summed E-state index contributed by atoms with van der Waals surface area (Å²) in [6.45, 7) is 3.05. The molecule has 0 aliphatic heterocycles. The monoisotopic (exact) mass is 282 g/mol. The molecule has 110 valence electrons. The summed E-state index contributed by atoms with van der Waals surface area (Å²) in [5, 5.41) is 14.0. The Morgan fingerprint density at radius 2 is 1.95 bits per heavy atom. The Labute approximate surface area is 116 Å². The maximum Gasteiger partial charge on any atom is 0.329 e. The van der Waals surface area contributed by atoms with E-state index in [9.17, 15) is 19.5 Å². The number of furan rings is 1. The highest BCUT2D eigenvalue weighted by Gasteiger charge is 2.36. The summed E-state index contributed by atoms with van der Waals surface area (Å²) < 4.78 is 4.87. The number of carboxylic acids is 1. The van der Waals surface area contributed by atoms with Crippen LogP contribution in [0.25, 0.3) is 0 Å². The Kier molecular flexibility index (Phi) is 5.31. The van der Waals surface area contributed by atoms with E-state index in [1.807, 2.05) is 0 Å². The average Bonchev–Trinajstić information content (AvgIpc) is 2.96. The number of carbonyl (C=O) groups excluding carboxylic acids is 2. The van der Waals surface area contributed by atoms with E-state index in [4.69, 9.17) is 4.42 Å². The summed E-state index contributed by atoms with van der Waals surface area (Å²) in [5.41, 5.74) is -1.30. The van der Waals surface area contributed by atoms with Gasteiger partial charge in [-0.3, -0.25) is 9.59 Å². The minimum atomic E-state index is -1.30. The van der Waals surface area contributed by atoms with Crippen LogP contribution in [0.2, 0.25) is 0 Å². The summed E-state index contributed by atoms with van der Waals surface area (Å²) in [6.07, 6.45) is 1.87. The fraction of sp³-hybridized carbons (Fsp3) is 0.462. The van der Waals surface area contributed by atoms with Gasteiger partial charge in [0.2, 0.25) is 5.91 Å². The van der Waals surface area contributed by atoms with E-state index in [1.54, 1.807) is 19.9 Å². The average molecular weight is 282 g/mol. The fourth-order valence-electron chi connectivity index (χ4n) is 1.75. The van der Waals surface area contributed by atoms with Gasteiger partial charge in [-0.25, -0.2) is 4.79 Å². The van der Waals surface area contributed by atoms with E-state index in [2.05, 4.69) is 10.6 Å². The quantitative estimate of drug-likeness (QED) is 0.684. The van der Waals surface area contributed by atoms with Crippen molar-refractivity contribution in [1.82, 2.24) is 10.6 Å². The molecule has 0 aliphatic rings. The van der Waals surface area contributed by atoms with Crippen LogP contribution in [0.4, 0.5) is 0 Å².